The van der Waals surface area contributed by atoms with Crippen LogP contribution >= 0.6 is 0 Å². The van der Waals surface area contributed by atoms with Crippen LogP contribution in [-0.4, -0.2) is 74.7 Å². The van der Waals surface area contributed by atoms with Crippen LogP contribution in [0, 0.1) is 0 Å². The van der Waals surface area contributed by atoms with Crippen molar-refractivity contribution in [2.24, 2.45) is 0 Å². The van der Waals surface area contributed by atoms with E-state index in [1.54, 1.807) is 6.92 Å². The molecule has 0 aliphatic rings. The maximum Gasteiger partial charge on any atom is 0.333 e. The van der Waals surface area contributed by atoms with Crippen LogP contribution < -0.4 is 0 Å². The highest BCUT2D eigenvalue weighted by atomic mass is 32.2. The van der Waals surface area contributed by atoms with Crippen LogP contribution in [0.25, 0.3) is 0 Å². The molecule has 0 rings (SSSR count). The molecule has 0 spiro atoms. The number of carbonyl (C=O) groups is 1. The normalized spacial score (nSPS) is 13.1. The van der Waals surface area contributed by atoms with E-state index < -0.39 is 16.1 Å². The topological polar surface area (TPSA) is 120 Å². The van der Waals surface area contributed by atoms with Gasteiger partial charge in [0.05, 0.1) is 33.0 Å². The van der Waals surface area contributed by atoms with Gasteiger partial charge in [0, 0.05) is 18.9 Å². The van der Waals surface area contributed by atoms with Gasteiger partial charge in [0.15, 0.2) is 6.23 Å². The zero-order valence-electron chi connectivity index (χ0n) is 13.6. The highest BCUT2D eigenvalue weighted by Gasteiger charge is 2.25. The first-order chi connectivity index (χ1) is 9.46. The lowest BCUT2D eigenvalue weighted by molar-refractivity contribution is -0.935. The van der Waals surface area contributed by atoms with Crippen molar-refractivity contribution in [3.05, 3.63) is 12.2 Å². The summed E-state index contributed by atoms with van der Waals surface area (Å²) in [6.07, 6.45) is 0.138. The maximum atomic E-state index is 11.2. The predicted molar refractivity (Wildman–Crippen MR) is 81.1 cm³/mol. The quantitative estimate of drug-likeness (QED) is 0.155. The zero-order valence-corrected chi connectivity index (χ0v) is 14.4. The van der Waals surface area contributed by atoms with Crippen molar-refractivity contribution in [1.82, 2.24) is 0 Å². The first kappa shape index (κ1) is 23.3. The summed E-state index contributed by atoms with van der Waals surface area (Å²) < 4.78 is 41.0. The summed E-state index contributed by atoms with van der Waals surface area (Å²) in [5.74, 6) is -0.717. The lowest BCUT2D eigenvalue weighted by atomic mass is 10.3. The summed E-state index contributed by atoms with van der Waals surface area (Å²) in [4.78, 5) is 11.2. The van der Waals surface area contributed by atoms with E-state index in [0.29, 0.717) is 23.0 Å². The summed E-state index contributed by atoms with van der Waals surface area (Å²) >= 11 is 0. The van der Waals surface area contributed by atoms with Gasteiger partial charge < -0.3 is 19.4 Å². The smallest absolute Gasteiger partial charge is 0.333 e. The van der Waals surface area contributed by atoms with Crippen molar-refractivity contribution in [1.29, 1.82) is 0 Å². The molecule has 22 heavy (non-hydrogen) atoms. The predicted octanol–water partition coefficient (Wildman–Crippen LogP) is 0.646. The minimum atomic E-state index is -3.93. The molecule has 0 aromatic rings. The van der Waals surface area contributed by atoms with E-state index in [4.69, 9.17) is 14.0 Å². The molecule has 0 amide bonds. The average molecular weight is 341 g/mol. The Morgan fingerprint density at radius 3 is 2.32 bits per heavy atom. The third-order valence-corrected chi connectivity index (χ3v) is 3.95. The number of hydrogen-bond acceptors (Lipinski definition) is 6. The third kappa shape index (κ3) is 10.7. The molecule has 0 aliphatic carbocycles. The van der Waals surface area contributed by atoms with E-state index in [9.17, 15) is 13.2 Å². The van der Waals surface area contributed by atoms with Gasteiger partial charge in [-0.1, -0.05) is 6.58 Å². The molecule has 0 aromatic heterocycles. The van der Waals surface area contributed by atoms with Crippen LogP contribution in [0.2, 0.25) is 0 Å². The number of carbonyl (C=O) groups excluding carboxylic acids is 1. The van der Waals surface area contributed by atoms with Crippen LogP contribution in [0.15, 0.2) is 12.2 Å². The molecule has 0 aliphatic heterocycles. The molecular formula is C13H27NO7S. The van der Waals surface area contributed by atoms with Crippen molar-refractivity contribution < 1.29 is 37.2 Å². The van der Waals surface area contributed by atoms with E-state index in [1.165, 1.54) is 0 Å². The summed E-state index contributed by atoms with van der Waals surface area (Å²) in [6, 6.07) is 0. The number of nitrogens with zero attached hydrogens (tertiary/aromatic N) is 1. The van der Waals surface area contributed by atoms with E-state index in [0.717, 1.165) is 0 Å². The van der Waals surface area contributed by atoms with Crippen molar-refractivity contribution in [2.45, 2.75) is 26.5 Å². The standard InChI is InChI=1S/C13H25NO6S.H2O/c1-11(2)13(15)20-9-8-19-12(3)14(4,5)7-6-10-21(16,17)18;/h12H,1,6-10H2,2-5H3;1H2. The van der Waals surface area contributed by atoms with E-state index in [-0.39, 0.29) is 30.7 Å². The molecule has 0 heterocycles. The Kier molecular flexibility index (Phi) is 10.5. The van der Waals surface area contributed by atoms with Crippen LogP contribution in [-0.2, 0) is 24.4 Å². The molecular weight excluding hydrogens is 314 g/mol. The molecule has 2 N–H and O–H groups in total. The number of hydrogen-bond donors (Lipinski definition) is 1. The second kappa shape index (κ2) is 9.90. The molecule has 0 fully saturated rings. The van der Waals surface area contributed by atoms with Crippen LogP contribution in [0.3, 0.4) is 0 Å². The van der Waals surface area contributed by atoms with Crippen molar-refractivity contribution >= 4 is 16.1 Å². The molecule has 9 heteroatoms. The monoisotopic (exact) mass is 341 g/mol. The van der Waals surface area contributed by atoms with Crippen molar-refractivity contribution in [3.8, 4) is 0 Å². The Hall–Kier alpha value is -1.00. The molecule has 0 saturated carbocycles. The number of ether oxygens (including phenoxy) is 2. The fourth-order valence-corrected chi connectivity index (χ4v) is 2.01. The largest absolute Gasteiger partial charge is 0.870 e. The first-order valence-electron chi connectivity index (χ1n) is 6.68. The molecule has 1 atom stereocenters. The summed E-state index contributed by atoms with van der Waals surface area (Å²) in [7, 11) is -0.133. The van der Waals surface area contributed by atoms with Gasteiger partial charge in [-0.05, 0) is 6.92 Å². The number of esters is 1. The zero-order chi connectivity index (χ0) is 16.7. The van der Waals surface area contributed by atoms with Crippen LogP contribution in [0.4, 0.5) is 0 Å². The van der Waals surface area contributed by atoms with Gasteiger partial charge in [0.2, 0.25) is 0 Å². The second-order valence-corrected chi connectivity index (χ2v) is 7.10. The molecule has 1 unspecified atom stereocenters. The van der Waals surface area contributed by atoms with Crippen molar-refractivity contribution in [3.63, 3.8) is 0 Å². The minimum Gasteiger partial charge on any atom is -0.870 e. The first-order valence-corrected chi connectivity index (χ1v) is 8.28. The molecule has 8 nitrogen and oxygen atoms in total. The van der Waals surface area contributed by atoms with E-state index >= 15 is 0 Å². The van der Waals surface area contributed by atoms with Gasteiger partial charge in [-0.3, -0.25) is 4.55 Å². The van der Waals surface area contributed by atoms with Gasteiger partial charge in [-0.25, -0.2) is 4.79 Å². The number of rotatable bonds is 10. The van der Waals surface area contributed by atoms with E-state index in [2.05, 4.69) is 6.58 Å². The highest BCUT2D eigenvalue weighted by Crippen LogP contribution is 2.10. The van der Waals surface area contributed by atoms with Crippen LogP contribution in [0.5, 0.6) is 0 Å². The summed E-state index contributed by atoms with van der Waals surface area (Å²) in [5.41, 5.74) is 0.337. The fraction of sp³-hybridized carbons (Fsp3) is 0.769. The molecule has 0 saturated heterocycles. The Balaban J connectivity index is 0. The highest BCUT2D eigenvalue weighted by molar-refractivity contribution is 7.85. The average Bonchev–Trinajstić information content (AvgIpc) is 2.31. The Morgan fingerprint density at radius 1 is 1.32 bits per heavy atom. The molecule has 132 valence electrons. The SMILES string of the molecule is C=C(C)C(=O)OCCOC(C)[N+](C)(C)CCCS(=O)(=O)O.[OH-]. The Morgan fingerprint density at radius 2 is 1.86 bits per heavy atom. The molecule has 0 radical (unpaired) electrons. The lowest BCUT2D eigenvalue weighted by Crippen LogP contribution is -2.50. The van der Waals surface area contributed by atoms with Gasteiger partial charge in [0.25, 0.3) is 10.1 Å². The van der Waals surface area contributed by atoms with Gasteiger partial charge in [-0.2, -0.15) is 8.42 Å². The summed E-state index contributed by atoms with van der Waals surface area (Å²) in [6.45, 7) is 7.82. The summed E-state index contributed by atoms with van der Waals surface area (Å²) in [5, 5.41) is 0. The van der Waals surface area contributed by atoms with Crippen LogP contribution in [0.1, 0.15) is 20.3 Å². The van der Waals surface area contributed by atoms with Crippen molar-refractivity contribution in [2.75, 3.05) is 39.6 Å². The minimum absolute atomic E-state index is 0. The van der Waals surface area contributed by atoms with Gasteiger partial charge in [0.1, 0.15) is 6.61 Å². The maximum absolute atomic E-state index is 11.2. The molecule has 0 bridgehead atoms. The Labute approximate surface area is 132 Å². The van der Waals surface area contributed by atoms with Gasteiger partial charge in [-0.15, -0.1) is 0 Å². The van der Waals surface area contributed by atoms with E-state index in [1.807, 2.05) is 21.0 Å². The third-order valence-electron chi connectivity index (χ3n) is 3.15. The molecule has 0 aromatic carbocycles. The fourth-order valence-electron chi connectivity index (χ4n) is 1.51. The van der Waals surface area contributed by atoms with Gasteiger partial charge >= 0.3 is 5.97 Å². The Bertz CT molecular complexity index is 459. The second-order valence-electron chi connectivity index (χ2n) is 5.53. The lowest BCUT2D eigenvalue weighted by Gasteiger charge is -2.35. The number of quaternary nitrogens is 1.